The van der Waals surface area contributed by atoms with Gasteiger partial charge < -0.3 is 15.5 Å². The molecule has 5 heteroatoms. The fourth-order valence-electron chi connectivity index (χ4n) is 1.01. The smallest absolute Gasteiger partial charge is 0.332 e. The minimum absolute atomic E-state index is 0.434. The van der Waals surface area contributed by atoms with Crippen molar-refractivity contribution >= 4 is 17.6 Å². The Morgan fingerprint density at radius 2 is 1.75 bits per heavy atom. The molecule has 0 aliphatic heterocycles. The first kappa shape index (κ1) is 11.8. The van der Waals surface area contributed by atoms with Crippen LogP contribution >= 0.6 is 0 Å². The summed E-state index contributed by atoms with van der Waals surface area (Å²) in [6.45, 7) is 1.90. The third-order valence-electron chi connectivity index (χ3n) is 1.80. The lowest BCUT2D eigenvalue weighted by atomic mass is 10.2. The van der Waals surface area contributed by atoms with E-state index in [0.717, 1.165) is 5.56 Å². The molecular formula is C11H11NO4. The lowest BCUT2D eigenvalue weighted by molar-refractivity contribution is -0.132. The van der Waals surface area contributed by atoms with Gasteiger partial charge in [-0.15, -0.1) is 0 Å². The van der Waals surface area contributed by atoms with Crippen molar-refractivity contribution < 1.29 is 19.8 Å². The number of aliphatic hydroxyl groups is 1. The minimum atomic E-state index is -1.38. The Kier molecular flexibility index (Phi) is 3.66. The van der Waals surface area contributed by atoms with Crippen molar-refractivity contribution in [3.63, 3.8) is 0 Å². The van der Waals surface area contributed by atoms with Gasteiger partial charge in [-0.2, -0.15) is 0 Å². The van der Waals surface area contributed by atoms with E-state index in [0.29, 0.717) is 11.8 Å². The van der Waals surface area contributed by atoms with Crippen LogP contribution in [0.25, 0.3) is 0 Å². The Bertz CT molecular complexity index is 434. The van der Waals surface area contributed by atoms with Gasteiger partial charge in [0.1, 0.15) is 0 Å². The molecule has 0 saturated heterocycles. The number of aliphatic carboxylic acids is 1. The molecule has 0 bridgehead atoms. The van der Waals surface area contributed by atoms with Crippen LogP contribution in [-0.2, 0) is 9.59 Å². The van der Waals surface area contributed by atoms with Gasteiger partial charge in [0.25, 0.3) is 5.91 Å². The average molecular weight is 221 g/mol. The summed E-state index contributed by atoms with van der Waals surface area (Å²) in [5.41, 5.74) is 1.52. The number of aryl methyl sites for hydroxylation is 1. The number of nitrogens with one attached hydrogen (secondary N) is 1. The molecule has 0 fully saturated rings. The molecule has 1 amide bonds. The highest BCUT2D eigenvalue weighted by Crippen LogP contribution is 2.09. The number of aliphatic hydroxyl groups excluding tert-OH is 1. The zero-order valence-electron chi connectivity index (χ0n) is 8.60. The summed E-state index contributed by atoms with van der Waals surface area (Å²) in [5.74, 6) is -3.07. The van der Waals surface area contributed by atoms with Crippen LogP contribution in [0.2, 0.25) is 0 Å². The highest BCUT2D eigenvalue weighted by molar-refractivity contribution is 6.04. The number of rotatable bonds is 3. The fourth-order valence-corrected chi connectivity index (χ4v) is 1.01. The van der Waals surface area contributed by atoms with Crippen LogP contribution in [0.3, 0.4) is 0 Å². The van der Waals surface area contributed by atoms with Crippen LogP contribution in [-0.4, -0.2) is 22.1 Å². The van der Waals surface area contributed by atoms with Gasteiger partial charge in [-0.05, 0) is 19.1 Å². The van der Waals surface area contributed by atoms with Crippen molar-refractivity contribution in [2.75, 3.05) is 5.32 Å². The number of carboxylic acid groups (broad SMARTS) is 1. The second-order valence-electron chi connectivity index (χ2n) is 3.19. The summed E-state index contributed by atoms with van der Waals surface area (Å²) in [4.78, 5) is 21.4. The van der Waals surface area contributed by atoms with Gasteiger partial charge in [0.2, 0.25) is 0 Å². The number of carbonyl (C=O) groups is 2. The normalized spacial score (nSPS) is 10.9. The molecule has 1 aromatic rings. The van der Waals surface area contributed by atoms with Gasteiger partial charge in [-0.3, -0.25) is 4.79 Å². The maximum atomic E-state index is 11.2. The molecule has 0 spiro atoms. The third-order valence-corrected chi connectivity index (χ3v) is 1.80. The van der Waals surface area contributed by atoms with E-state index in [4.69, 9.17) is 10.2 Å². The molecule has 84 valence electrons. The van der Waals surface area contributed by atoms with Crippen LogP contribution in [0, 0.1) is 6.92 Å². The molecule has 3 N–H and O–H groups in total. The van der Waals surface area contributed by atoms with Crippen molar-refractivity contribution in [1.29, 1.82) is 0 Å². The van der Waals surface area contributed by atoms with E-state index in [1.807, 2.05) is 6.92 Å². The molecule has 16 heavy (non-hydrogen) atoms. The van der Waals surface area contributed by atoms with E-state index in [9.17, 15) is 9.59 Å². The van der Waals surface area contributed by atoms with Gasteiger partial charge in [0, 0.05) is 5.69 Å². The summed E-state index contributed by atoms with van der Waals surface area (Å²) in [5, 5.41) is 19.7. The predicted octanol–water partition coefficient (Wildman–Crippen LogP) is 1.46. The summed E-state index contributed by atoms with van der Waals surface area (Å²) in [7, 11) is 0. The maximum Gasteiger partial charge on any atom is 0.332 e. The minimum Gasteiger partial charge on any atom is -0.503 e. The maximum absolute atomic E-state index is 11.2. The Morgan fingerprint density at radius 3 is 2.25 bits per heavy atom. The van der Waals surface area contributed by atoms with Crippen LogP contribution in [0.5, 0.6) is 0 Å². The van der Waals surface area contributed by atoms with Gasteiger partial charge >= 0.3 is 5.97 Å². The summed E-state index contributed by atoms with van der Waals surface area (Å²) >= 11 is 0. The summed E-state index contributed by atoms with van der Waals surface area (Å²) < 4.78 is 0. The molecule has 0 aliphatic carbocycles. The second-order valence-corrected chi connectivity index (χ2v) is 3.19. The number of amides is 1. The van der Waals surface area contributed by atoms with E-state index in [1.54, 1.807) is 24.3 Å². The fraction of sp³-hybridized carbons (Fsp3) is 0.0909. The van der Waals surface area contributed by atoms with Gasteiger partial charge in [0.15, 0.2) is 5.76 Å². The second kappa shape index (κ2) is 4.97. The first-order valence-corrected chi connectivity index (χ1v) is 4.50. The Balaban J connectivity index is 2.71. The number of carbonyl (C=O) groups excluding carboxylic acids is 1. The van der Waals surface area contributed by atoms with E-state index >= 15 is 0 Å². The van der Waals surface area contributed by atoms with Crippen molar-refractivity contribution in [2.45, 2.75) is 6.92 Å². The number of hydrogen-bond donors (Lipinski definition) is 3. The molecule has 0 atom stereocenters. The molecule has 0 aliphatic rings. The quantitative estimate of drug-likeness (QED) is 0.532. The topological polar surface area (TPSA) is 86.6 Å². The molecule has 1 rings (SSSR count). The zero-order valence-corrected chi connectivity index (χ0v) is 8.60. The number of carboxylic acids is 1. The van der Waals surface area contributed by atoms with Crippen molar-refractivity contribution in [2.24, 2.45) is 0 Å². The standard InChI is InChI=1S/C11H11NO4/c1-7-2-4-8(5-3-7)12-11(16)9(13)6-10(14)15/h2-6,13H,1H3,(H,12,16)(H,14,15). The van der Waals surface area contributed by atoms with E-state index in [-0.39, 0.29) is 0 Å². The third kappa shape index (κ3) is 3.45. The molecule has 0 saturated carbocycles. The SMILES string of the molecule is Cc1ccc(NC(=O)C(O)=CC(=O)O)cc1. The first-order chi connectivity index (χ1) is 7.49. The molecule has 0 heterocycles. The molecule has 0 unspecified atom stereocenters. The van der Waals surface area contributed by atoms with Crippen molar-refractivity contribution in [1.82, 2.24) is 0 Å². The summed E-state index contributed by atoms with van der Waals surface area (Å²) in [6, 6.07) is 6.88. The number of benzene rings is 1. The Hall–Kier alpha value is -2.30. The Morgan fingerprint density at radius 1 is 1.19 bits per heavy atom. The van der Waals surface area contributed by atoms with Crippen molar-refractivity contribution in [3.05, 3.63) is 41.7 Å². The van der Waals surface area contributed by atoms with Crippen molar-refractivity contribution in [3.8, 4) is 0 Å². The van der Waals surface area contributed by atoms with E-state index in [2.05, 4.69) is 5.32 Å². The monoisotopic (exact) mass is 221 g/mol. The first-order valence-electron chi connectivity index (χ1n) is 4.50. The van der Waals surface area contributed by atoms with Crippen LogP contribution in [0.15, 0.2) is 36.1 Å². The highest BCUT2D eigenvalue weighted by atomic mass is 16.4. The average Bonchev–Trinajstić information content (AvgIpc) is 2.20. The molecule has 0 radical (unpaired) electrons. The lowest BCUT2D eigenvalue weighted by Crippen LogP contribution is -2.15. The largest absolute Gasteiger partial charge is 0.503 e. The molecule has 1 aromatic carbocycles. The molecule has 0 aromatic heterocycles. The van der Waals surface area contributed by atoms with E-state index in [1.165, 1.54) is 0 Å². The Labute approximate surface area is 92.0 Å². The summed E-state index contributed by atoms with van der Waals surface area (Å²) in [6.07, 6.45) is 0.434. The van der Waals surface area contributed by atoms with Crippen LogP contribution in [0.1, 0.15) is 5.56 Å². The van der Waals surface area contributed by atoms with Crippen LogP contribution < -0.4 is 5.32 Å². The highest BCUT2D eigenvalue weighted by Gasteiger charge is 2.09. The zero-order chi connectivity index (χ0) is 12.1. The van der Waals surface area contributed by atoms with E-state index < -0.39 is 17.6 Å². The predicted molar refractivity (Wildman–Crippen MR) is 58.2 cm³/mol. The van der Waals surface area contributed by atoms with Gasteiger partial charge in [-0.25, -0.2) is 4.79 Å². The number of hydrogen-bond acceptors (Lipinski definition) is 3. The number of anilines is 1. The lowest BCUT2D eigenvalue weighted by Gasteiger charge is -2.03. The van der Waals surface area contributed by atoms with Gasteiger partial charge in [0.05, 0.1) is 6.08 Å². The molecule has 5 nitrogen and oxygen atoms in total. The van der Waals surface area contributed by atoms with Crippen LogP contribution in [0.4, 0.5) is 5.69 Å². The molecular weight excluding hydrogens is 210 g/mol. The van der Waals surface area contributed by atoms with Gasteiger partial charge in [-0.1, -0.05) is 17.7 Å².